The molecule has 0 bridgehead atoms. The van der Waals surface area contributed by atoms with E-state index < -0.39 is 0 Å². The van der Waals surface area contributed by atoms with Crippen LogP contribution in [0.4, 0.5) is 11.4 Å². The van der Waals surface area contributed by atoms with Crippen LogP contribution in [-0.2, 0) is 4.79 Å². The number of rotatable bonds is 4. The molecule has 2 amide bonds. The molecule has 3 aliphatic rings. The average Bonchev–Trinajstić information content (AvgIpc) is 3.63. The lowest BCUT2D eigenvalue weighted by molar-refractivity contribution is -0.136. The molecule has 0 atom stereocenters. The molecule has 0 radical (unpaired) electrons. The minimum absolute atomic E-state index is 0.0382. The zero-order valence-corrected chi connectivity index (χ0v) is 22.3. The first-order chi connectivity index (χ1) is 18.1. The quantitative estimate of drug-likeness (QED) is 0.523. The summed E-state index contributed by atoms with van der Waals surface area (Å²) in [6.07, 6.45) is 5.47. The lowest BCUT2D eigenvalue weighted by Gasteiger charge is -2.40. The summed E-state index contributed by atoms with van der Waals surface area (Å²) in [5, 5.41) is 0.997. The number of aromatic nitrogens is 2. The van der Waals surface area contributed by atoms with Crippen LogP contribution in [0.15, 0.2) is 36.5 Å². The summed E-state index contributed by atoms with van der Waals surface area (Å²) in [6.45, 7) is 8.42. The van der Waals surface area contributed by atoms with Gasteiger partial charge in [-0.15, -0.1) is 0 Å². The van der Waals surface area contributed by atoms with Gasteiger partial charge < -0.3 is 19.6 Å². The Morgan fingerprint density at radius 1 is 0.865 bits per heavy atom. The predicted molar refractivity (Wildman–Crippen MR) is 147 cm³/mol. The molecule has 3 fully saturated rings. The van der Waals surface area contributed by atoms with Gasteiger partial charge in [-0.25, -0.2) is 4.98 Å². The maximum atomic E-state index is 13.5. The van der Waals surface area contributed by atoms with Crippen molar-refractivity contribution >= 4 is 44.9 Å². The second-order valence-electron chi connectivity index (χ2n) is 10.4. The van der Waals surface area contributed by atoms with Crippen LogP contribution in [0, 0.1) is 12.8 Å². The normalized spacial score (nSPS) is 19.2. The molecule has 194 valence electrons. The van der Waals surface area contributed by atoms with E-state index in [0.717, 1.165) is 99.6 Å². The summed E-state index contributed by atoms with van der Waals surface area (Å²) in [7, 11) is 0. The first kappa shape index (κ1) is 24.2. The van der Waals surface area contributed by atoms with Gasteiger partial charge in [0.1, 0.15) is 4.83 Å². The molecule has 9 heteroatoms. The molecule has 5 heterocycles. The molecule has 1 aromatic carbocycles. The van der Waals surface area contributed by atoms with Crippen molar-refractivity contribution in [3.05, 3.63) is 47.8 Å². The number of likely N-dealkylation sites (tertiary alicyclic amines) is 1. The molecule has 2 aromatic heterocycles. The van der Waals surface area contributed by atoms with Gasteiger partial charge in [0, 0.05) is 70.2 Å². The number of hydrogen-bond acceptors (Lipinski definition) is 7. The molecule has 37 heavy (non-hydrogen) atoms. The highest BCUT2D eigenvalue weighted by molar-refractivity contribution is 7.13. The van der Waals surface area contributed by atoms with Crippen LogP contribution >= 0.6 is 11.5 Å². The van der Waals surface area contributed by atoms with Crippen LogP contribution in [0.1, 0.15) is 41.7 Å². The van der Waals surface area contributed by atoms with E-state index in [1.807, 2.05) is 17.9 Å². The Morgan fingerprint density at radius 3 is 2.27 bits per heavy atom. The van der Waals surface area contributed by atoms with Crippen molar-refractivity contribution in [2.45, 2.75) is 32.6 Å². The number of para-hydroxylation sites is 1. The van der Waals surface area contributed by atoms with Gasteiger partial charge in [0.2, 0.25) is 5.91 Å². The van der Waals surface area contributed by atoms with Crippen molar-refractivity contribution < 1.29 is 9.59 Å². The number of hydrogen-bond donors (Lipinski definition) is 0. The smallest absolute Gasteiger partial charge is 0.257 e. The number of piperazine rings is 1. The lowest BCUT2D eigenvalue weighted by Crippen LogP contribution is -2.51. The van der Waals surface area contributed by atoms with Gasteiger partial charge in [-0.1, -0.05) is 18.2 Å². The summed E-state index contributed by atoms with van der Waals surface area (Å²) in [6, 6.07) is 10.4. The van der Waals surface area contributed by atoms with Crippen LogP contribution in [0.25, 0.3) is 10.2 Å². The third-order valence-electron chi connectivity index (χ3n) is 8.14. The fraction of sp³-hybridized carbons (Fsp3) is 0.500. The van der Waals surface area contributed by atoms with Crippen molar-refractivity contribution in [2.24, 2.45) is 5.92 Å². The minimum atomic E-state index is 0.0382. The number of carbonyl (C=O) groups excluding carboxylic acids is 2. The van der Waals surface area contributed by atoms with Gasteiger partial charge in [-0.2, -0.15) is 4.37 Å². The van der Waals surface area contributed by atoms with E-state index >= 15 is 0 Å². The van der Waals surface area contributed by atoms with Crippen LogP contribution in [0.2, 0.25) is 0 Å². The third-order valence-corrected chi connectivity index (χ3v) is 8.99. The van der Waals surface area contributed by atoms with Crippen molar-refractivity contribution in [1.82, 2.24) is 19.2 Å². The molecule has 3 aliphatic heterocycles. The number of aryl methyl sites for hydroxylation is 1. The third kappa shape index (κ3) is 4.65. The average molecular weight is 519 g/mol. The largest absolute Gasteiger partial charge is 0.370 e. The summed E-state index contributed by atoms with van der Waals surface area (Å²) >= 11 is 1.39. The van der Waals surface area contributed by atoms with Crippen LogP contribution < -0.4 is 9.80 Å². The SMILES string of the molecule is Cc1nsc2ncc(C(=O)N3CCCC3)c(N3CCC(C(=O)N4CCN(c5ccccc5)CC4)CC3)c12. The highest BCUT2D eigenvalue weighted by atomic mass is 32.1. The van der Waals surface area contributed by atoms with Crippen molar-refractivity contribution in [1.29, 1.82) is 0 Å². The number of pyridine rings is 1. The molecule has 0 saturated carbocycles. The number of anilines is 2. The molecular formula is C28H34N6O2S. The summed E-state index contributed by atoms with van der Waals surface area (Å²) < 4.78 is 4.54. The molecule has 3 saturated heterocycles. The summed E-state index contributed by atoms with van der Waals surface area (Å²) in [5.74, 6) is 0.396. The molecule has 3 aromatic rings. The second kappa shape index (κ2) is 10.3. The fourth-order valence-electron chi connectivity index (χ4n) is 6.05. The maximum Gasteiger partial charge on any atom is 0.257 e. The summed E-state index contributed by atoms with van der Waals surface area (Å²) in [5.41, 5.74) is 3.80. The first-order valence-corrected chi connectivity index (χ1v) is 14.3. The number of fused-ring (bicyclic) bond motifs is 1. The van der Waals surface area contributed by atoms with E-state index in [4.69, 9.17) is 0 Å². The van der Waals surface area contributed by atoms with E-state index in [0.29, 0.717) is 5.56 Å². The molecular weight excluding hydrogens is 484 g/mol. The number of amides is 2. The van der Waals surface area contributed by atoms with Gasteiger partial charge in [-0.3, -0.25) is 9.59 Å². The Bertz CT molecular complexity index is 1270. The molecule has 6 rings (SSSR count). The van der Waals surface area contributed by atoms with E-state index in [9.17, 15) is 9.59 Å². The van der Waals surface area contributed by atoms with Crippen molar-refractivity contribution in [3.8, 4) is 0 Å². The number of nitrogens with zero attached hydrogens (tertiary/aromatic N) is 6. The summed E-state index contributed by atoms with van der Waals surface area (Å²) in [4.78, 5) is 41.0. The van der Waals surface area contributed by atoms with Crippen LogP contribution in [0.3, 0.4) is 0 Å². The lowest BCUT2D eigenvalue weighted by atomic mass is 9.93. The van der Waals surface area contributed by atoms with Gasteiger partial charge in [-0.05, 0) is 56.3 Å². The Balaban J connectivity index is 1.15. The Morgan fingerprint density at radius 2 is 1.57 bits per heavy atom. The number of carbonyl (C=O) groups is 2. The highest BCUT2D eigenvalue weighted by Gasteiger charge is 2.33. The zero-order chi connectivity index (χ0) is 25.4. The van der Waals surface area contributed by atoms with Gasteiger partial charge >= 0.3 is 0 Å². The fourth-order valence-corrected chi connectivity index (χ4v) is 6.80. The number of benzene rings is 1. The molecule has 0 N–H and O–H groups in total. The van der Waals surface area contributed by atoms with Crippen LogP contribution in [-0.4, -0.2) is 83.3 Å². The van der Waals surface area contributed by atoms with Crippen molar-refractivity contribution in [2.75, 3.05) is 62.2 Å². The maximum absolute atomic E-state index is 13.5. The standard InChI is InChI=1S/C28H34N6O2S/c1-20-24-25(23(19-29-26(24)37-30-20)28(36)33-11-5-6-12-33)32-13-9-21(10-14-32)27(35)34-17-15-31(16-18-34)22-7-3-2-4-8-22/h2-4,7-8,19,21H,5-6,9-18H2,1H3. The van der Waals surface area contributed by atoms with E-state index in [1.54, 1.807) is 6.20 Å². The highest BCUT2D eigenvalue weighted by Crippen LogP contribution is 2.37. The Hall–Kier alpha value is -3.20. The Kier molecular flexibility index (Phi) is 6.71. The molecule has 0 aliphatic carbocycles. The van der Waals surface area contributed by atoms with Crippen molar-refractivity contribution in [3.63, 3.8) is 0 Å². The van der Waals surface area contributed by atoms with Gasteiger partial charge in [0.25, 0.3) is 5.91 Å². The monoisotopic (exact) mass is 518 g/mol. The minimum Gasteiger partial charge on any atom is -0.370 e. The Labute approximate surface area is 222 Å². The molecule has 0 spiro atoms. The van der Waals surface area contributed by atoms with E-state index in [-0.39, 0.29) is 17.7 Å². The number of piperidine rings is 1. The first-order valence-electron chi connectivity index (χ1n) is 13.5. The van der Waals surface area contributed by atoms with Gasteiger partial charge in [0.15, 0.2) is 0 Å². The molecule has 8 nitrogen and oxygen atoms in total. The predicted octanol–water partition coefficient (Wildman–Crippen LogP) is 3.80. The van der Waals surface area contributed by atoms with E-state index in [2.05, 4.69) is 48.3 Å². The van der Waals surface area contributed by atoms with Crippen LogP contribution in [0.5, 0.6) is 0 Å². The second-order valence-corrected chi connectivity index (χ2v) is 11.1. The van der Waals surface area contributed by atoms with Gasteiger partial charge in [0.05, 0.1) is 22.3 Å². The topological polar surface area (TPSA) is 72.9 Å². The van der Waals surface area contributed by atoms with E-state index in [1.165, 1.54) is 17.2 Å². The zero-order valence-electron chi connectivity index (χ0n) is 21.4. The molecule has 0 unspecified atom stereocenters.